The first kappa shape index (κ1) is 14.0. The number of rotatable bonds is 6. The fourth-order valence-corrected chi connectivity index (χ4v) is 2.92. The Balaban J connectivity index is 1.89. The first-order valence-electron chi connectivity index (χ1n) is 7.19. The Labute approximate surface area is 110 Å². The van der Waals surface area contributed by atoms with Crippen LogP contribution in [-0.4, -0.2) is 38.1 Å². The molecule has 0 bridgehead atoms. The van der Waals surface area contributed by atoms with Crippen molar-refractivity contribution in [3.8, 4) is 0 Å². The summed E-state index contributed by atoms with van der Waals surface area (Å²) >= 11 is 0. The van der Waals surface area contributed by atoms with E-state index in [4.69, 9.17) is 14.2 Å². The Morgan fingerprint density at radius 1 is 1.39 bits per heavy atom. The molecule has 0 saturated carbocycles. The zero-order chi connectivity index (χ0) is 13.0. The van der Waals surface area contributed by atoms with Crippen LogP contribution in [0.3, 0.4) is 0 Å². The van der Waals surface area contributed by atoms with Crippen LogP contribution >= 0.6 is 0 Å². The second kappa shape index (κ2) is 6.18. The molecule has 2 saturated heterocycles. The summed E-state index contributed by atoms with van der Waals surface area (Å²) in [7, 11) is 1.78. The summed E-state index contributed by atoms with van der Waals surface area (Å²) in [5.74, 6) is 0.405. The lowest BCUT2D eigenvalue weighted by atomic mass is 9.85. The molecule has 0 amide bonds. The zero-order valence-corrected chi connectivity index (χ0v) is 11.9. The minimum absolute atomic E-state index is 0.0697. The summed E-state index contributed by atoms with van der Waals surface area (Å²) in [5.41, 5.74) is -0.201. The highest BCUT2D eigenvalue weighted by Crippen LogP contribution is 2.44. The average molecular weight is 254 g/mol. The largest absolute Gasteiger partial charge is 0.378 e. The predicted octanol–water partition coefficient (Wildman–Crippen LogP) is 2.94. The third kappa shape index (κ3) is 2.79. The van der Waals surface area contributed by atoms with Crippen molar-refractivity contribution in [1.82, 2.24) is 0 Å². The molecule has 2 aliphatic rings. The second-order valence-corrected chi connectivity index (χ2v) is 5.56. The van der Waals surface area contributed by atoms with E-state index in [1.165, 1.54) is 19.3 Å². The quantitative estimate of drug-likeness (QED) is 0.415. The van der Waals surface area contributed by atoms with Crippen LogP contribution in [0, 0.1) is 5.92 Å². The summed E-state index contributed by atoms with van der Waals surface area (Å²) in [6.45, 7) is 5.91. The van der Waals surface area contributed by atoms with Gasteiger partial charge in [-0.2, -0.15) is 0 Å². The molecule has 0 aromatic rings. The highest BCUT2D eigenvalue weighted by molar-refractivity contribution is 5.15. The lowest BCUT2D eigenvalue weighted by Gasteiger charge is -2.38. The first-order valence-corrected chi connectivity index (χ1v) is 7.19. The van der Waals surface area contributed by atoms with Gasteiger partial charge in [-0.05, 0) is 12.8 Å². The van der Waals surface area contributed by atoms with Crippen LogP contribution in [0.4, 0.5) is 0 Å². The van der Waals surface area contributed by atoms with E-state index < -0.39 is 0 Å². The van der Waals surface area contributed by atoms with Crippen LogP contribution in [-0.2, 0) is 14.2 Å². The van der Waals surface area contributed by atoms with E-state index in [0.29, 0.717) is 5.92 Å². The first-order chi connectivity index (χ1) is 8.74. The number of ether oxygens (including phenoxy) is 3. The van der Waals surface area contributed by atoms with Crippen molar-refractivity contribution in [1.29, 1.82) is 0 Å². The summed E-state index contributed by atoms with van der Waals surface area (Å²) < 4.78 is 17.2. The van der Waals surface area contributed by atoms with Gasteiger partial charge in [-0.3, -0.25) is 0 Å². The van der Waals surface area contributed by atoms with Gasteiger partial charge in [0.1, 0.15) is 11.7 Å². The third-order valence-electron chi connectivity index (χ3n) is 4.04. The molecule has 1 spiro atoms. The minimum Gasteiger partial charge on any atom is -0.378 e. The molecule has 0 N–H and O–H groups in total. The van der Waals surface area contributed by atoms with Gasteiger partial charge in [0.15, 0.2) is 0 Å². The molecule has 2 fully saturated rings. The van der Waals surface area contributed by atoms with Crippen molar-refractivity contribution in [2.75, 3.05) is 20.3 Å². The van der Waals surface area contributed by atoms with Crippen molar-refractivity contribution < 1.29 is 14.2 Å². The maximum absolute atomic E-state index is 5.91. The molecule has 0 aromatic heterocycles. The highest BCUT2D eigenvalue weighted by Gasteiger charge is 2.61. The lowest BCUT2D eigenvalue weighted by molar-refractivity contribution is -0.131. The van der Waals surface area contributed by atoms with Crippen LogP contribution in [0.5, 0.6) is 0 Å². The highest BCUT2D eigenvalue weighted by atomic mass is 16.7. The van der Waals surface area contributed by atoms with Crippen molar-refractivity contribution in [3.05, 3.63) is 12.2 Å². The summed E-state index contributed by atoms with van der Waals surface area (Å²) in [5, 5.41) is 0. The van der Waals surface area contributed by atoms with E-state index in [2.05, 4.69) is 26.0 Å². The van der Waals surface area contributed by atoms with E-state index in [1.54, 1.807) is 7.11 Å². The number of hydrogen-bond acceptors (Lipinski definition) is 3. The van der Waals surface area contributed by atoms with Crippen LogP contribution in [0.15, 0.2) is 12.2 Å². The molecule has 2 heterocycles. The fraction of sp³-hybridized carbons (Fsp3) is 0.867. The molecule has 0 unspecified atom stereocenters. The third-order valence-corrected chi connectivity index (χ3v) is 4.04. The molecule has 3 heteroatoms. The fourth-order valence-electron chi connectivity index (χ4n) is 2.92. The van der Waals surface area contributed by atoms with Gasteiger partial charge in [0, 0.05) is 13.0 Å². The van der Waals surface area contributed by atoms with Crippen LogP contribution < -0.4 is 0 Å². The van der Waals surface area contributed by atoms with Gasteiger partial charge in [0.05, 0.1) is 19.3 Å². The Kier molecular flexibility index (Phi) is 4.82. The number of methoxy groups -OCH3 is 1. The minimum atomic E-state index is -0.201. The Morgan fingerprint density at radius 3 is 2.78 bits per heavy atom. The second-order valence-electron chi connectivity index (χ2n) is 5.56. The molecule has 0 radical (unpaired) electrons. The Bertz CT molecular complexity index is 283. The van der Waals surface area contributed by atoms with Gasteiger partial charge < -0.3 is 14.2 Å². The standard InChI is InChI=1S/C15H26O3/c1-4-5-6-7-8-9-13-15(11-18-15)14(16-3)12(2)10-17-13/h8-9,12-14H,4-7,10-11H2,1-3H3/t12-,13-,14-,15+/m0/s1. The lowest BCUT2D eigenvalue weighted by Crippen LogP contribution is -2.52. The van der Waals surface area contributed by atoms with E-state index in [0.717, 1.165) is 19.6 Å². The summed E-state index contributed by atoms with van der Waals surface area (Å²) in [6.07, 6.45) is 9.62. The summed E-state index contributed by atoms with van der Waals surface area (Å²) in [4.78, 5) is 0. The smallest absolute Gasteiger partial charge is 0.147 e. The van der Waals surface area contributed by atoms with Crippen molar-refractivity contribution in [3.63, 3.8) is 0 Å². The molecule has 104 valence electrons. The monoisotopic (exact) mass is 254 g/mol. The number of epoxide rings is 1. The van der Waals surface area contributed by atoms with Gasteiger partial charge >= 0.3 is 0 Å². The Morgan fingerprint density at radius 2 is 2.17 bits per heavy atom. The predicted molar refractivity (Wildman–Crippen MR) is 71.7 cm³/mol. The van der Waals surface area contributed by atoms with Gasteiger partial charge in [0.25, 0.3) is 0 Å². The molecule has 2 rings (SSSR count). The normalized spacial score (nSPS) is 39.6. The number of hydrogen-bond donors (Lipinski definition) is 0. The van der Waals surface area contributed by atoms with E-state index in [9.17, 15) is 0 Å². The van der Waals surface area contributed by atoms with Crippen LogP contribution in [0.1, 0.15) is 39.5 Å². The molecule has 4 atom stereocenters. The van der Waals surface area contributed by atoms with E-state index in [-0.39, 0.29) is 17.8 Å². The van der Waals surface area contributed by atoms with Crippen LogP contribution in [0.25, 0.3) is 0 Å². The molecule has 0 aromatic carbocycles. The summed E-state index contributed by atoms with van der Waals surface area (Å²) in [6, 6.07) is 0. The van der Waals surface area contributed by atoms with E-state index in [1.807, 2.05) is 0 Å². The van der Waals surface area contributed by atoms with Gasteiger partial charge in [-0.15, -0.1) is 0 Å². The SMILES string of the molecule is CCCCCC=C[C@@H]1OC[C@H](C)[C@H](OC)[C@@]12CO2. The molecular formula is C15H26O3. The number of unbranched alkanes of at least 4 members (excludes halogenated alkanes) is 3. The molecule has 3 nitrogen and oxygen atoms in total. The van der Waals surface area contributed by atoms with Crippen molar-refractivity contribution >= 4 is 0 Å². The topological polar surface area (TPSA) is 31.0 Å². The Hall–Kier alpha value is -0.380. The average Bonchev–Trinajstić information content (AvgIpc) is 3.13. The number of allylic oxidation sites excluding steroid dienone is 1. The van der Waals surface area contributed by atoms with Crippen molar-refractivity contribution in [2.24, 2.45) is 5.92 Å². The molecular weight excluding hydrogens is 228 g/mol. The maximum Gasteiger partial charge on any atom is 0.147 e. The van der Waals surface area contributed by atoms with Crippen LogP contribution in [0.2, 0.25) is 0 Å². The van der Waals surface area contributed by atoms with Gasteiger partial charge in [0.2, 0.25) is 0 Å². The molecule has 2 aliphatic heterocycles. The van der Waals surface area contributed by atoms with Gasteiger partial charge in [-0.25, -0.2) is 0 Å². The van der Waals surface area contributed by atoms with Gasteiger partial charge in [-0.1, -0.05) is 38.8 Å². The maximum atomic E-state index is 5.91. The zero-order valence-electron chi connectivity index (χ0n) is 11.9. The molecule has 18 heavy (non-hydrogen) atoms. The van der Waals surface area contributed by atoms with E-state index >= 15 is 0 Å². The molecule has 0 aliphatic carbocycles. The van der Waals surface area contributed by atoms with Crippen molar-refractivity contribution in [2.45, 2.75) is 57.3 Å².